The van der Waals surface area contributed by atoms with Gasteiger partial charge >= 0.3 is 0 Å². The molecular weight excluding hydrogens is 178 g/mol. The summed E-state index contributed by atoms with van der Waals surface area (Å²) in [6, 6.07) is 3.91. The van der Waals surface area contributed by atoms with E-state index in [9.17, 15) is 0 Å². The van der Waals surface area contributed by atoms with Crippen LogP contribution in [0.5, 0.6) is 0 Å². The second-order valence-corrected chi connectivity index (χ2v) is 3.08. The predicted molar refractivity (Wildman–Crippen MR) is 57.8 cm³/mol. The Morgan fingerprint density at radius 2 is 2.36 bits per heavy atom. The minimum atomic E-state index is 0.185. The van der Waals surface area contributed by atoms with Gasteiger partial charge in [-0.15, -0.1) is 0 Å². The fourth-order valence-corrected chi connectivity index (χ4v) is 0.937. The van der Waals surface area contributed by atoms with Crippen LogP contribution < -0.4 is 16.6 Å². The Bertz CT molecular complexity index is 293. The molecule has 0 amide bonds. The van der Waals surface area contributed by atoms with Gasteiger partial charge in [0.15, 0.2) is 0 Å². The Labute approximate surface area is 83.4 Å². The molecule has 0 aliphatic rings. The van der Waals surface area contributed by atoms with Crippen LogP contribution in [-0.4, -0.2) is 17.0 Å². The third-order valence-electron chi connectivity index (χ3n) is 1.45. The number of hydrazine groups is 1. The highest BCUT2D eigenvalue weighted by atomic mass is 15.3. The Kier molecular flexibility index (Phi) is 3.87. The van der Waals surface area contributed by atoms with Crippen molar-refractivity contribution in [2.45, 2.75) is 19.9 Å². The van der Waals surface area contributed by atoms with Crippen LogP contribution in [0.25, 0.3) is 0 Å². The van der Waals surface area contributed by atoms with Crippen molar-refractivity contribution in [3.8, 4) is 0 Å². The summed E-state index contributed by atoms with van der Waals surface area (Å²) < 4.78 is 0. The van der Waals surface area contributed by atoms with Gasteiger partial charge in [0.25, 0.3) is 0 Å². The van der Waals surface area contributed by atoms with Crippen LogP contribution in [0.4, 0.5) is 5.69 Å². The van der Waals surface area contributed by atoms with Crippen molar-refractivity contribution in [2.75, 3.05) is 5.32 Å². The van der Waals surface area contributed by atoms with Gasteiger partial charge in [-0.25, -0.2) is 10.8 Å². The molecule has 0 aliphatic carbocycles. The van der Waals surface area contributed by atoms with E-state index in [2.05, 4.69) is 20.7 Å². The molecule has 0 radical (unpaired) electrons. The van der Waals surface area contributed by atoms with Crippen LogP contribution >= 0.6 is 0 Å². The van der Waals surface area contributed by atoms with Crippen LogP contribution in [0.2, 0.25) is 0 Å². The molecular formula is C9H15N5. The standard InChI is InChI=1S/C9H15N5/c1-7(2)12-9(14-10)13-8-4-3-5-11-6-8/h3-7H,10H2,1-2H3,(H2,12,13,14). The molecule has 0 bridgehead atoms. The third kappa shape index (κ3) is 3.40. The number of pyridine rings is 1. The van der Waals surface area contributed by atoms with E-state index in [0.29, 0.717) is 5.96 Å². The smallest absolute Gasteiger partial charge is 0.210 e. The van der Waals surface area contributed by atoms with Gasteiger partial charge in [0, 0.05) is 12.2 Å². The lowest BCUT2D eigenvalue weighted by Crippen LogP contribution is -2.36. The number of nitrogens with zero attached hydrogens (tertiary/aromatic N) is 2. The van der Waals surface area contributed by atoms with Crippen molar-refractivity contribution in [2.24, 2.45) is 10.8 Å². The summed E-state index contributed by atoms with van der Waals surface area (Å²) in [6.07, 6.45) is 3.41. The molecule has 0 saturated carbocycles. The summed E-state index contributed by atoms with van der Waals surface area (Å²) in [5.74, 6) is 5.84. The SMILES string of the molecule is CC(C)N=C(NN)Nc1cccnc1. The van der Waals surface area contributed by atoms with Gasteiger partial charge in [-0.3, -0.25) is 10.4 Å². The van der Waals surface area contributed by atoms with Gasteiger partial charge in [0.1, 0.15) is 0 Å². The van der Waals surface area contributed by atoms with Gasteiger partial charge in [-0.05, 0) is 26.0 Å². The first kappa shape index (κ1) is 10.5. The number of nitrogens with two attached hydrogens (primary N) is 1. The molecule has 0 aliphatic heterocycles. The van der Waals surface area contributed by atoms with E-state index in [0.717, 1.165) is 5.69 Å². The van der Waals surface area contributed by atoms with Gasteiger partial charge in [0.2, 0.25) is 5.96 Å². The molecule has 0 saturated heterocycles. The van der Waals surface area contributed by atoms with Crippen molar-refractivity contribution in [1.29, 1.82) is 0 Å². The van der Waals surface area contributed by atoms with E-state index in [1.165, 1.54) is 0 Å². The number of hydrogen-bond donors (Lipinski definition) is 3. The zero-order chi connectivity index (χ0) is 10.4. The maximum atomic E-state index is 5.31. The van der Waals surface area contributed by atoms with Crippen molar-refractivity contribution in [3.05, 3.63) is 24.5 Å². The molecule has 0 fully saturated rings. The van der Waals surface area contributed by atoms with E-state index in [1.807, 2.05) is 26.0 Å². The lowest BCUT2D eigenvalue weighted by molar-refractivity contribution is 0.819. The molecule has 1 aromatic heterocycles. The summed E-state index contributed by atoms with van der Waals surface area (Å²) >= 11 is 0. The highest BCUT2D eigenvalue weighted by molar-refractivity contribution is 5.93. The molecule has 4 N–H and O–H groups in total. The van der Waals surface area contributed by atoms with E-state index in [-0.39, 0.29) is 6.04 Å². The lowest BCUT2D eigenvalue weighted by Gasteiger charge is -2.09. The number of aromatic nitrogens is 1. The Balaban J connectivity index is 2.67. The van der Waals surface area contributed by atoms with E-state index in [1.54, 1.807) is 12.4 Å². The summed E-state index contributed by atoms with van der Waals surface area (Å²) in [7, 11) is 0. The molecule has 1 heterocycles. The average molecular weight is 193 g/mol. The third-order valence-corrected chi connectivity index (χ3v) is 1.45. The molecule has 14 heavy (non-hydrogen) atoms. The van der Waals surface area contributed by atoms with E-state index >= 15 is 0 Å². The van der Waals surface area contributed by atoms with Crippen LogP contribution in [0.1, 0.15) is 13.8 Å². The molecule has 5 heteroatoms. The van der Waals surface area contributed by atoms with Gasteiger partial charge in [-0.1, -0.05) is 0 Å². The molecule has 0 unspecified atom stereocenters. The Hall–Kier alpha value is -1.62. The summed E-state index contributed by atoms with van der Waals surface area (Å²) in [6.45, 7) is 3.95. The maximum absolute atomic E-state index is 5.31. The zero-order valence-electron chi connectivity index (χ0n) is 8.36. The van der Waals surface area contributed by atoms with Gasteiger partial charge < -0.3 is 5.32 Å². The first-order valence-corrected chi connectivity index (χ1v) is 4.44. The van der Waals surface area contributed by atoms with Crippen molar-refractivity contribution >= 4 is 11.6 Å². The topological polar surface area (TPSA) is 75.3 Å². The van der Waals surface area contributed by atoms with Crippen LogP contribution in [0.3, 0.4) is 0 Å². The first-order chi connectivity index (χ1) is 6.72. The summed E-state index contributed by atoms with van der Waals surface area (Å²) in [5.41, 5.74) is 3.34. The van der Waals surface area contributed by atoms with Crippen LogP contribution in [-0.2, 0) is 0 Å². The molecule has 0 aromatic carbocycles. The number of nitrogens with one attached hydrogen (secondary N) is 2. The second-order valence-electron chi connectivity index (χ2n) is 3.08. The van der Waals surface area contributed by atoms with Crippen molar-refractivity contribution < 1.29 is 0 Å². The number of aliphatic imine (C=N–C) groups is 1. The molecule has 0 spiro atoms. The van der Waals surface area contributed by atoms with E-state index in [4.69, 9.17) is 5.84 Å². The van der Waals surface area contributed by atoms with Crippen LogP contribution in [0, 0.1) is 0 Å². The Morgan fingerprint density at radius 1 is 1.57 bits per heavy atom. The predicted octanol–water partition coefficient (Wildman–Crippen LogP) is 0.721. The number of rotatable bonds is 2. The zero-order valence-corrected chi connectivity index (χ0v) is 8.36. The lowest BCUT2D eigenvalue weighted by atomic mass is 10.4. The van der Waals surface area contributed by atoms with Gasteiger partial charge in [-0.2, -0.15) is 0 Å². The monoisotopic (exact) mass is 193 g/mol. The maximum Gasteiger partial charge on any atom is 0.210 e. The van der Waals surface area contributed by atoms with Crippen molar-refractivity contribution in [1.82, 2.24) is 10.4 Å². The highest BCUT2D eigenvalue weighted by Crippen LogP contribution is 2.02. The van der Waals surface area contributed by atoms with Crippen LogP contribution in [0.15, 0.2) is 29.5 Å². The van der Waals surface area contributed by atoms with Gasteiger partial charge in [0.05, 0.1) is 11.9 Å². The summed E-state index contributed by atoms with van der Waals surface area (Å²) in [5, 5.41) is 3.01. The molecule has 1 aromatic rings. The number of hydrogen-bond acceptors (Lipinski definition) is 3. The minimum Gasteiger partial charge on any atom is -0.324 e. The average Bonchev–Trinajstić information content (AvgIpc) is 2.17. The highest BCUT2D eigenvalue weighted by Gasteiger charge is 1.98. The molecule has 76 valence electrons. The quantitative estimate of drug-likeness (QED) is 0.280. The minimum absolute atomic E-state index is 0.185. The fourth-order valence-electron chi connectivity index (χ4n) is 0.937. The number of guanidine groups is 1. The van der Waals surface area contributed by atoms with E-state index < -0.39 is 0 Å². The summed E-state index contributed by atoms with van der Waals surface area (Å²) in [4.78, 5) is 8.20. The van der Waals surface area contributed by atoms with Crippen molar-refractivity contribution in [3.63, 3.8) is 0 Å². The number of anilines is 1. The Morgan fingerprint density at radius 3 is 2.86 bits per heavy atom. The first-order valence-electron chi connectivity index (χ1n) is 4.44. The molecule has 5 nitrogen and oxygen atoms in total. The normalized spacial score (nSPS) is 11.6. The molecule has 1 rings (SSSR count). The largest absolute Gasteiger partial charge is 0.324 e. The second kappa shape index (κ2) is 5.18. The fraction of sp³-hybridized carbons (Fsp3) is 0.333. The molecule has 0 atom stereocenters.